The van der Waals surface area contributed by atoms with Crippen molar-refractivity contribution in [3.8, 4) is 0 Å². The third kappa shape index (κ3) is 3.24. The molecule has 2 N–H and O–H groups in total. The Balaban J connectivity index is 1.99. The number of rotatable bonds is 4. The molecule has 0 spiro atoms. The summed E-state index contributed by atoms with van der Waals surface area (Å²) in [4.78, 5) is 12.4. The van der Waals surface area contributed by atoms with Crippen LogP contribution in [0.2, 0.25) is 0 Å². The van der Waals surface area contributed by atoms with Gasteiger partial charge in [0.05, 0.1) is 11.3 Å². The zero-order valence-electron chi connectivity index (χ0n) is 9.62. The van der Waals surface area contributed by atoms with E-state index in [1.54, 1.807) is 18.5 Å². The minimum atomic E-state index is -0.588. The standard InChI is InChI=1S/C10H13N5OS/c1-10(2,11)8-14-7(16-15-8)6-17-9-12-4-3-5-13-9/h3-5H,6,11H2,1-2H3. The lowest BCUT2D eigenvalue weighted by atomic mass is 10.1. The normalized spacial score (nSPS) is 11.7. The monoisotopic (exact) mass is 251 g/mol. The number of hydrogen-bond donors (Lipinski definition) is 1. The first-order valence-electron chi connectivity index (χ1n) is 5.07. The fourth-order valence-electron chi connectivity index (χ4n) is 1.06. The first-order valence-corrected chi connectivity index (χ1v) is 6.06. The predicted octanol–water partition coefficient (Wildman–Crippen LogP) is 1.35. The molecule has 7 heteroatoms. The van der Waals surface area contributed by atoms with Crippen molar-refractivity contribution in [2.45, 2.75) is 30.3 Å². The van der Waals surface area contributed by atoms with Crippen molar-refractivity contribution in [3.05, 3.63) is 30.2 Å². The van der Waals surface area contributed by atoms with Gasteiger partial charge in [0.25, 0.3) is 0 Å². The first kappa shape index (κ1) is 12.0. The molecular formula is C10H13N5OS. The molecule has 0 unspecified atom stereocenters. The number of hydrogen-bond acceptors (Lipinski definition) is 7. The smallest absolute Gasteiger partial charge is 0.237 e. The van der Waals surface area contributed by atoms with Crippen molar-refractivity contribution >= 4 is 11.8 Å². The third-order valence-electron chi connectivity index (χ3n) is 1.91. The van der Waals surface area contributed by atoms with Gasteiger partial charge in [-0.3, -0.25) is 0 Å². The van der Waals surface area contributed by atoms with E-state index >= 15 is 0 Å². The van der Waals surface area contributed by atoms with Crippen LogP contribution >= 0.6 is 11.8 Å². The molecule has 0 bridgehead atoms. The topological polar surface area (TPSA) is 90.7 Å². The first-order chi connectivity index (χ1) is 8.05. The lowest BCUT2D eigenvalue weighted by molar-refractivity contribution is 0.369. The third-order valence-corrected chi connectivity index (χ3v) is 2.77. The van der Waals surface area contributed by atoms with Gasteiger partial charge in [0, 0.05) is 12.4 Å². The summed E-state index contributed by atoms with van der Waals surface area (Å²) in [6.45, 7) is 3.66. The van der Waals surface area contributed by atoms with Crippen molar-refractivity contribution in [3.63, 3.8) is 0 Å². The van der Waals surface area contributed by atoms with Gasteiger partial charge in [-0.25, -0.2) is 9.97 Å². The molecule has 0 saturated carbocycles. The second-order valence-corrected chi connectivity index (χ2v) is 5.00. The summed E-state index contributed by atoms with van der Waals surface area (Å²) >= 11 is 1.44. The van der Waals surface area contributed by atoms with Crippen molar-refractivity contribution in [2.24, 2.45) is 5.73 Å². The molecule has 2 aromatic rings. The zero-order chi connectivity index (χ0) is 12.3. The van der Waals surface area contributed by atoms with Gasteiger partial charge in [-0.1, -0.05) is 16.9 Å². The van der Waals surface area contributed by atoms with Crippen LogP contribution in [0, 0.1) is 0 Å². The second-order valence-electron chi connectivity index (χ2n) is 4.05. The molecule has 0 atom stereocenters. The molecular weight excluding hydrogens is 238 g/mol. The second kappa shape index (κ2) is 4.80. The van der Waals surface area contributed by atoms with Crippen LogP contribution in [-0.4, -0.2) is 20.1 Å². The predicted molar refractivity (Wildman–Crippen MR) is 63.1 cm³/mol. The Bertz CT molecular complexity index is 479. The molecule has 2 heterocycles. The van der Waals surface area contributed by atoms with Crippen LogP contribution in [0.25, 0.3) is 0 Å². The molecule has 17 heavy (non-hydrogen) atoms. The van der Waals surface area contributed by atoms with Gasteiger partial charge in [0.15, 0.2) is 11.0 Å². The fraction of sp³-hybridized carbons (Fsp3) is 0.400. The Morgan fingerprint density at radius 1 is 1.35 bits per heavy atom. The van der Waals surface area contributed by atoms with E-state index in [1.807, 2.05) is 13.8 Å². The van der Waals surface area contributed by atoms with E-state index in [1.165, 1.54) is 11.8 Å². The van der Waals surface area contributed by atoms with Crippen LogP contribution in [0.1, 0.15) is 25.6 Å². The van der Waals surface area contributed by atoms with Crippen LogP contribution < -0.4 is 5.73 Å². The number of thioether (sulfide) groups is 1. The maximum atomic E-state index is 5.86. The van der Waals surface area contributed by atoms with Gasteiger partial charge in [0.1, 0.15) is 0 Å². The minimum absolute atomic E-state index is 0.502. The SMILES string of the molecule is CC(C)(N)c1noc(CSc2ncccn2)n1. The van der Waals surface area contributed by atoms with E-state index in [4.69, 9.17) is 10.3 Å². The van der Waals surface area contributed by atoms with E-state index < -0.39 is 5.54 Å². The molecule has 0 aliphatic heterocycles. The largest absolute Gasteiger partial charge is 0.338 e. The van der Waals surface area contributed by atoms with Crippen LogP contribution in [0.4, 0.5) is 0 Å². The Kier molecular flexibility index (Phi) is 3.39. The molecule has 0 amide bonds. The number of aromatic nitrogens is 4. The zero-order valence-corrected chi connectivity index (χ0v) is 10.4. The lowest BCUT2D eigenvalue weighted by Gasteiger charge is -2.11. The maximum Gasteiger partial charge on any atom is 0.237 e. The molecule has 0 aliphatic carbocycles. The Labute approximate surface area is 103 Å². The van der Waals surface area contributed by atoms with Crippen LogP contribution in [0.5, 0.6) is 0 Å². The van der Waals surface area contributed by atoms with Crippen molar-refractivity contribution in [1.82, 2.24) is 20.1 Å². The molecule has 6 nitrogen and oxygen atoms in total. The van der Waals surface area contributed by atoms with Crippen molar-refractivity contribution < 1.29 is 4.52 Å². The number of nitrogens with zero attached hydrogens (tertiary/aromatic N) is 4. The maximum absolute atomic E-state index is 5.86. The Morgan fingerprint density at radius 2 is 2.06 bits per heavy atom. The summed E-state index contributed by atoms with van der Waals surface area (Å²) < 4.78 is 5.10. The average Bonchev–Trinajstić information content (AvgIpc) is 2.76. The number of nitrogens with two attached hydrogens (primary N) is 1. The van der Waals surface area contributed by atoms with Crippen molar-refractivity contribution in [2.75, 3.05) is 0 Å². The molecule has 0 fully saturated rings. The fourth-order valence-corrected chi connectivity index (χ4v) is 1.70. The molecule has 2 rings (SSSR count). The molecule has 0 aliphatic rings. The summed E-state index contributed by atoms with van der Waals surface area (Å²) in [5.74, 6) is 1.56. The molecule has 0 radical (unpaired) electrons. The summed E-state index contributed by atoms with van der Waals surface area (Å²) in [5, 5.41) is 4.51. The molecule has 0 saturated heterocycles. The summed E-state index contributed by atoms with van der Waals surface area (Å²) in [7, 11) is 0. The minimum Gasteiger partial charge on any atom is -0.338 e. The van der Waals surface area contributed by atoms with E-state index in [0.29, 0.717) is 22.6 Å². The van der Waals surface area contributed by atoms with E-state index in [-0.39, 0.29) is 0 Å². The van der Waals surface area contributed by atoms with Crippen molar-refractivity contribution in [1.29, 1.82) is 0 Å². The molecule has 0 aromatic carbocycles. The van der Waals surface area contributed by atoms with Gasteiger partial charge >= 0.3 is 0 Å². The Morgan fingerprint density at radius 3 is 2.65 bits per heavy atom. The summed E-state index contributed by atoms with van der Waals surface area (Å²) in [6.07, 6.45) is 3.38. The average molecular weight is 251 g/mol. The van der Waals surface area contributed by atoms with Gasteiger partial charge in [-0.05, 0) is 19.9 Å². The highest BCUT2D eigenvalue weighted by molar-refractivity contribution is 7.98. The highest BCUT2D eigenvalue weighted by Gasteiger charge is 2.21. The molecule has 90 valence electrons. The molecule has 2 aromatic heterocycles. The lowest BCUT2D eigenvalue weighted by Crippen LogP contribution is -2.30. The van der Waals surface area contributed by atoms with Crippen LogP contribution in [-0.2, 0) is 11.3 Å². The van der Waals surface area contributed by atoms with E-state index in [2.05, 4.69) is 20.1 Å². The quantitative estimate of drug-likeness (QED) is 0.647. The van der Waals surface area contributed by atoms with Gasteiger partial charge in [0.2, 0.25) is 5.89 Å². The highest BCUT2D eigenvalue weighted by Crippen LogP contribution is 2.19. The van der Waals surface area contributed by atoms with E-state index in [0.717, 1.165) is 0 Å². The Hall–Kier alpha value is -1.47. The van der Waals surface area contributed by atoms with Gasteiger partial charge in [-0.15, -0.1) is 0 Å². The van der Waals surface area contributed by atoms with Crippen LogP contribution in [0.3, 0.4) is 0 Å². The summed E-state index contributed by atoms with van der Waals surface area (Å²) in [5.41, 5.74) is 5.27. The van der Waals surface area contributed by atoms with E-state index in [9.17, 15) is 0 Å². The highest BCUT2D eigenvalue weighted by atomic mass is 32.2. The summed E-state index contributed by atoms with van der Waals surface area (Å²) in [6, 6.07) is 1.77. The van der Waals surface area contributed by atoms with Gasteiger partial charge < -0.3 is 10.3 Å². The van der Waals surface area contributed by atoms with Crippen LogP contribution in [0.15, 0.2) is 28.1 Å². The van der Waals surface area contributed by atoms with Gasteiger partial charge in [-0.2, -0.15) is 4.98 Å².